The Bertz CT molecular complexity index is 912. The molecule has 0 fully saturated rings. The molecular weight excluding hydrogens is 334 g/mol. The van der Waals surface area contributed by atoms with Crippen LogP contribution in [0, 0.1) is 0 Å². The summed E-state index contributed by atoms with van der Waals surface area (Å²) in [5, 5.41) is 0. The van der Waals surface area contributed by atoms with Crippen molar-refractivity contribution in [3.8, 4) is 0 Å². The smallest absolute Gasteiger partial charge is 0.261 e. The van der Waals surface area contributed by atoms with E-state index in [1.807, 2.05) is 30.1 Å². The molecule has 0 saturated carbocycles. The van der Waals surface area contributed by atoms with Crippen LogP contribution in [0.1, 0.15) is 5.56 Å². The van der Waals surface area contributed by atoms with Gasteiger partial charge in [-0.25, -0.2) is 13.4 Å². The third kappa shape index (κ3) is 4.36. The third-order valence-corrected chi connectivity index (χ3v) is 5.10. The first-order valence-electron chi connectivity index (χ1n) is 7.83. The maximum absolute atomic E-state index is 12.3. The average Bonchev–Trinajstić information content (AvgIpc) is 2.63. The van der Waals surface area contributed by atoms with Crippen LogP contribution in [0.2, 0.25) is 0 Å². The van der Waals surface area contributed by atoms with Gasteiger partial charge in [0.1, 0.15) is 5.82 Å². The molecule has 0 atom stereocenters. The van der Waals surface area contributed by atoms with Crippen LogP contribution in [-0.4, -0.2) is 20.4 Å². The fraction of sp³-hybridized carbons (Fsp3) is 0.105. The van der Waals surface area contributed by atoms with Gasteiger partial charge in [-0.05, 0) is 29.8 Å². The first kappa shape index (κ1) is 17.0. The quantitative estimate of drug-likeness (QED) is 0.736. The summed E-state index contributed by atoms with van der Waals surface area (Å²) in [6.45, 7) is 0.725. The van der Waals surface area contributed by atoms with Crippen molar-refractivity contribution >= 4 is 21.5 Å². The lowest BCUT2D eigenvalue weighted by molar-refractivity contribution is 0.601. The maximum Gasteiger partial charge on any atom is 0.261 e. The second kappa shape index (κ2) is 7.36. The first-order valence-corrected chi connectivity index (χ1v) is 9.32. The van der Waals surface area contributed by atoms with Crippen molar-refractivity contribution in [1.29, 1.82) is 0 Å². The molecule has 1 aromatic heterocycles. The van der Waals surface area contributed by atoms with Crippen LogP contribution in [0.5, 0.6) is 0 Å². The van der Waals surface area contributed by atoms with E-state index in [1.165, 1.54) is 11.8 Å². The SMILES string of the molecule is CN(Cc1ccccc1)c1ccc(NS(=O)(=O)c2ccccc2)cn1. The van der Waals surface area contributed by atoms with Crippen LogP contribution < -0.4 is 9.62 Å². The van der Waals surface area contributed by atoms with Crippen LogP contribution in [0.4, 0.5) is 11.5 Å². The molecule has 0 radical (unpaired) electrons. The van der Waals surface area contributed by atoms with Gasteiger partial charge in [0.05, 0.1) is 16.8 Å². The van der Waals surface area contributed by atoms with Gasteiger partial charge in [-0.1, -0.05) is 48.5 Å². The Kier molecular flexibility index (Phi) is 5.00. The van der Waals surface area contributed by atoms with Crippen LogP contribution >= 0.6 is 0 Å². The predicted molar refractivity (Wildman–Crippen MR) is 100 cm³/mol. The summed E-state index contributed by atoms with van der Waals surface area (Å²) in [6, 6.07) is 21.9. The fourth-order valence-corrected chi connectivity index (χ4v) is 3.49. The van der Waals surface area contributed by atoms with E-state index in [-0.39, 0.29) is 4.90 Å². The number of hydrogen-bond acceptors (Lipinski definition) is 4. The lowest BCUT2D eigenvalue weighted by atomic mass is 10.2. The number of anilines is 2. The van der Waals surface area contributed by atoms with Gasteiger partial charge in [0.2, 0.25) is 0 Å². The molecule has 128 valence electrons. The molecule has 0 saturated heterocycles. The first-order chi connectivity index (χ1) is 12.0. The Morgan fingerprint density at radius 3 is 2.16 bits per heavy atom. The molecular formula is C19H19N3O2S. The van der Waals surface area contributed by atoms with Crippen molar-refractivity contribution in [3.05, 3.63) is 84.6 Å². The van der Waals surface area contributed by atoms with Crippen molar-refractivity contribution in [2.45, 2.75) is 11.4 Å². The van der Waals surface area contributed by atoms with E-state index in [0.29, 0.717) is 5.69 Å². The molecule has 0 aliphatic heterocycles. The number of nitrogens with zero attached hydrogens (tertiary/aromatic N) is 2. The van der Waals surface area contributed by atoms with Gasteiger partial charge in [-0.2, -0.15) is 0 Å². The zero-order valence-electron chi connectivity index (χ0n) is 13.8. The van der Waals surface area contributed by atoms with Gasteiger partial charge in [0, 0.05) is 13.6 Å². The van der Waals surface area contributed by atoms with E-state index in [1.54, 1.807) is 42.5 Å². The minimum Gasteiger partial charge on any atom is -0.355 e. The lowest BCUT2D eigenvalue weighted by Crippen LogP contribution is -2.18. The highest BCUT2D eigenvalue weighted by atomic mass is 32.2. The molecule has 3 aromatic rings. The van der Waals surface area contributed by atoms with Gasteiger partial charge in [0.15, 0.2) is 0 Å². The zero-order valence-corrected chi connectivity index (χ0v) is 14.6. The van der Waals surface area contributed by atoms with Gasteiger partial charge in [0.25, 0.3) is 10.0 Å². The van der Waals surface area contributed by atoms with Gasteiger partial charge >= 0.3 is 0 Å². The lowest BCUT2D eigenvalue weighted by Gasteiger charge is -2.18. The molecule has 0 aliphatic rings. The third-order valence-electron chi connectivity index (χ3n) is 3.71. The van der Waals surface area contributed by atoms with E-state index in [2.05, 4.69) is 21.8 Å². The van der Waals surface area contributed by atoms with Crippen molar-refractivity contribution in [2.75, 3.05) is 16.7 Å². The van der Waals surface area contributed by atoms with Gasteiger partial charge < -0.3 is 4.90 Å². The van der Waals surface area contributed by atoms with Crippen LogP contribution in [-0.2, 0) is 16.6 Å². The highest BCUT2D eigenvalue weighted by Crippen LogP contribution is 2.18. The summed E-state index contributed by atoms with van der Waals surface area (Å²) < 4.78 is 27.2. The van der Waals surface area contributed by atoms with Crippen LogP contribution in [0.15, 0.2) is 83.9 Å². The van der Waals surface area contributed by atoms with Crippen molar-refractivity contribution < 1.29 is 8.42 Å². The van der Waals surface area contributed by atoms with E-state index in [4.69, 9.17) is 0 Å². The van der Waals surface area contributed by atoms with E-state index < -0.39 is 10.0 Å². The van der Waals surface area contributed by atoms with Crippen molar-refractivity contribution in [3.63, 3.8) is 0 Å². The van der Waals surface area contributed by atoms with Crippen molar-refractivity contribution in [1.82, 2.24) is 4.98 Å². The summed E-state index contributed by atoms with van der Waals surface area (Å²) in [5.74, 6) is 0.770. The Morgan fingerprint density at radius 2 is 1.56 bits per heavy atom. The summed E-state index contributed by atoms with van der Waals surface area (Å²) in [4.78, 5) is 6.58. The van der Waals surface area contributed by atoms with E-state index in [0.717, 1.165) is 12.4 Å². The molecule has 1 N–H and O–H groups in total. The number of nitrogens with one attached hydrogen (secondary N) is 1. The highest BCUT2D eigenvalue weighted by molar-refractivity contribution is 7.92. The molecule has 0 amide bonds. The molecule has 25 heavy (non-hydrogen) atoms. The number of aromatic nitrogens is 1. The number of hydrogen-bond donors (Lipinski definition) is 1. The van der Waals surface area contributed by atoms with Gasteiger partial charge in [-0.15, -0.1) is 0 Å². The largest absolute Gasteiger partial charge is 0.355 e. The molecule has 5 nitrogen and oxygen atoms in total. The number of sulfonamides is 1. The van der Waals surface area contributed by atoms with E-state index in [9.17, 15) is 8.42 Å². The minimum atomic E-state index is -3.60. The number of pyridine rings is 1. The second-order valence-corrected chi connectivity index (χ2v) is 7.35. The monoisotopic (exact) mass is 353 g/mol. The zero-order chi connectivity index (χ0) is 17.7. The molecule has 3 rings (SSSR count). The predicted octanol–water partition coefficient (Wildman–Crippen LogP) is 3.52. The fourth-order valence-electron chi connectivity index (χ4n) is 2.42. The molecule has 0 bridgehead atoms. The topological polar surface area (TPSA) is 62.3 Å². The maximum atomic E-state index is 12.3. The molecule has 0 spiro atoms. The summed E-state index contributed by atoms with van der Waals surface area (Å²) in [7, 11) is -1.65. The summed E-state index contributed by atoms with van der Waals surface area (Å²) in [5.41, 5.74) is 1.61. The normalized spacial score (nSPS) is 11.1. The molecule has 6 heteroatoms. The molecule has 2 aromatic carbocycles. The molecule has 0 aliphatic carbocycles. The standard InChI is InChI=1S/C19H19N3O2S/c1-22(15-16-8-4-2-5-9-16)19-13-12-17(14-20-19)21-25(23,24)18-10-6-3-7-11-18/h2-14,21H,15H2,1H3. The minimum absolute atomic E-state index is 0.222. The van der Waals surface area contributed by atoms with Gasteiger partial charge in [-0.3, -0.25) is 4.72 Å². The Balaban J connectivity index is 1.70. The van der Waals surface area contributed by atoms with Crippen LogP contribution in [0.3, 0.4) is 0 Å². The number of benzene rings is 2. The molecule has 0 unspecified atom stereocenters. The molecule has 1 heterocycles. The summed E-state index contributed by atoms with van der Waals surface area (Å²) >= 11 is 0. The number of rotatable bonds is 6. The summed E-state index contributed by atoms with van der Waals surface area (Å²) in [6.07, 6.45) is 1.53. The Hall–Kier alpha value is -2.86. The average molecular weight is 353 g/mol. The highest BCUT2D eigenvalue weighted by Gasteiger charge is 2.13. The van der Waals surface area contributed by atoms with E-state index >= 15 is 0 Å². The van der Waals surface area contributed by atoms with Crippen LogP contribution in [0.25, 0.3) is 0 Å². The van der Waals surface area contributed by atoms with Crippen molar-refractivity contribution in [2.24, 2.45) is 0 Å². The Labute approximate surface area is 148 Å². The Morgan fingerprint density at radius 1 is 0.920 bits per heavy atom. The second-order valence-electron chi connectivity index (χ2n) is 5.67.